The maximum absolute atomic E-state index is 12.8. The fourth-order valence-electron chi connectivity index (χ4n) is 4.97. The fraction of sp³-hybridized carbons (Fsp3) is 0.688. The molecule has 2 heterocycles. The number of allylic oxidation sites excluding steroid dienone is 1. The van der Waals surface area contributed by atoms with Crippen LogP contribution in [0.15, 0.2) is 23.8 Å². The van der Waals surface area contributed by atoms with Crippen molar-refractivity contribution in [1.82, 2.24) is 0 Å². The van der Waals surface area contributed by atoms with Crippen molar-refractivity contribution >= 4 is 11.9 Å². The van der Waals surface area contributed by atoms with Crippen molar-refractivity contribution in [2.24, 2.45) is 5.92 Å². The lowest BCUT2D eigenvalue weighted by atomic mass is 9.96. The third-order valence-electron chi connectivity index (χ3n) is 8.30. The minimum absolute atomic E-state index is 0.0460. The largest absolute Gasteiger partial charge is 0.504 e. The zero-order valence-electron chi connectivity index (χ0n) is 26.9. The number of aromatic hydroxyl groups is 1. The average molecular weight is 625 g/mol. The molecule has 248 valence electrons. The van der Waals surface area contributed by atoms with Crippen molar-refractivity contribution in [2.45, 2.75) is 136 Å². The second-order valence-electron chi connectivity index (χ2n) is 12.0. The van der Waals surface area contributed by atoms with Gasteiger partial charge >= 0.3 is 11.9 Å². The van der Waals surface area contributed by atoms with Gasteiger partial charge in [-0.15, -0.1) is 0 Å². The van der Waals surface area contributed by atoms with Gasteiger partial charge in [-0.25, -0.2) is 4.79 Å². The van der Waals surface area contributed by atoms with Crippen LogP contribution in [0.2, 0.25) is 0 Å². The number of benzene rings is 1. The summed E-state index contributed by atoms with van der Waals surface area (Å²) in [5.41, 5.74) is 1.53. The van der Waals surface area contributed by atoms with Crippen molar-refractivity contribution in [1.29, 1.82) is 0 Å². The normalized spacial score (nSPS) is 33.5. The zero-order valence-corrected chi connectivity index (χ0v) is 26.9. The molecule has 0 bridgehead atoms. The Morgan fingerprint density at radius 3 is 2.14 bits per heavy atom. The highest BCUT2D eigenvalue weighted by atomic mass is 16.7. The van der Waals surface area contributed by atoms with E-state index in [4.69, 9.17) is 28.4 Å². The first-order valence-corrected chi connectivity index (χ1v) is 15.2. The Bertz CT molecular complexity index is 1180. The van der Waals surface area contributed by atoms with Crippen LogP contribution in [0.1, 0.15) is 78.9 Å². The van der Waals surface area contributed by atoms with E-state index in [1.165, 1.54) is 0 Å². The van der Waals surface area contributed by atoms with Gasteiger partial charge in [-0.2, -0.15) is 0 Å². The van der Waals surface area contributed by atoms with E-state index in [9.17, 15) is 30.0 Å². The van der Waals surface area contributed by atoms with Gasteiger partial charge in [-0.1, -0.05) is 45.9 Å². The van der Waals surface area contributed by atoms with Crippen LogP contribution < -0.4 is 4.74 Å². The summed E-state index contributed by atoms with van der Waals surface area (Å²) in [5.74, 6) is -1.68. The molecule has 0 radical (unpaired) electrons. The molecule has 11 atom stereocenters. The summed E-state index contributed by atoms with van der Waals surface area (Å²) in [4.78, 5) is 25.2. The Morgan fingerprint density at radius 1 is 0.932 bits per heavy atom. The zero-order chi connectivity index (χ0) is 33.0. The quantitative estimate of drug-likeness (QED) is 0.222. The van der Waals surface area contributed by atoms with Gasteiger partial charge in [0.15, 0.2) is 30.0 Å². The van der Waals surface area contributed by atoms with Gasteiger partial charge in [0.2, 0.25) is 6.29 Å². The molecule has 2 aliphatic rings. The third kappa shape index (κ3) is 7.72. The Morgan fingerprint density at radius 2 is 1.55 bits per heavy atom. The highest BCUT2D eigenvalue weighted by Gasteiger charge is 2.53. The number of aliphatic hydroxyl groups excluding tert-OH is 3. The van der Waals surface area contributed by atoms with Gasteiger partial charge in [0.05, 0.1) is 18.1 Å². The van der Waals surface area contributed by atoms with Gasteiger partial charge in [-0.3, -0.25) is 4.79 Å². The van der Waals surface area contributed by atoms with E-state index in [1.54, 1.807) is 53.7 Å². The number of hydrogen-bond donors (Lipinski definition) is 4. The third-order valence-corrected chi connectivity index (χ3v) is 8.30. The summed E-state index contributed by atoms with van der Waals surface area (Å²) in [6, 6.07) is 3.57. The molecular weight excluding hydrogens is 576 g/mol. The van der Waals surface area contributed by atoms with E-state index < -0.39 is 79.3 Å². The number of carbonyl (C=O) groups excluding carboxylic acids is 2. The molecule has 44 heavy (non-hydrogen) atoms. The fourth-order valence-corrected chi connectivity index (χ4v) is 4.97. The molecule has 12 heteroatoms. The van der Waals surface area contributed by atoms with Crippen LogP contribution in [0.3, 0.4) is 0 Å². The van der Waals surface area contributed by atoms with Crippen LogP contribution in [0.25, 0.3) is 0 Å². The number of aryl methyl sites for hydroxylation is 1. The summed E-state index contributed by atoms with van der Waals surface area (Å²) in [7, 11) is 0. The van der Waals surface area contributed by atoms with E-state index >= 15 is 0 Å². The second-order valence-corrected chi connectivity index (χ2v) is 12.0. The number of esters is 2. The van der Waals surface area contributed by atoms with Crippen LogP contribution in [0.4, 0.5) is 0 Å². The van der Waals surface area contributed by atoms with E-state index in [1.807, 2.05) is 26.8 Å². The average Bonchev–Trinajstić information content (AvgIpc) is 2.98. The monoisotopic (exact) mass is 624 g/mol. The lowest BCUT2D eigenvalue weighted by molar-refractivity contribution is -0.347. The van der Waals surface area contributed by atoms with Gasteiger partial charge in [0.1, 0.15) is 24.4 Å². The molecule has 0 saturated carbocycles. The highest BCUT2D eigenvalue weighted by Crippen LogP contribution is 2.40. The number of phenolic OH excluding ortho intramolecular Hbond substituents is 1. The van der Waals surface area contributed by atoms with Crippen molar-refractivity contribution in [3.8, 4) is 11.5 Å². The predicted octanol–water partition coefficient (Wildman–Crippen LogP) is 3.00. The van der Waals surface area contributed by atoms with Crippen molar-refractivity contribution < 1.29 is 58.4 Å². The molecule has 12 nitrogen and oxygen atoms in total. The van der Waals surface area contributed by atoms with Crippen LogP contribution in [0.5, 0.6) is 11.5 Å². The van der Waals surface area contributed by atoms with E-state index in [0.29, 0.717) is 23.1 Å². The molecule has 1 aromatic rings. The van der Waals surface area contributed by atoms with Crippen LogP contribution >= 0.6 is 0 Å². The second kappa shape index (κ2) is 15.0. The molecule has 2 aliphatic heterocycles. The molecule has 0 spiro atoms. The Hall–Kier alpha value is -2.74. The van der Waals surface area contributed by atoms with Gasteiger partial charge in [0.25, 0.3) is 0 Å². The first-order valence-electron chi connectivity index (χ1n) is 15.2. The molecule has 0 unspecified atom stereocenters. The number of ether oxygens (including phenoxy) is 6. The molecule has 0 amide bonds. The number of rotatable bonds is 10. The molecule has 2 saturated heterocycles. The summed E-state index contributed by atoms with van der Waals surface area (Å²) in [6.07, 6.45) is -11.3. The predicted molar refractivity (Wildman–Crippen MR) is 158 cm³/mol. The van der Waals surface area contributed by atoms with Crippen LogP contribution in [0, 0.1) is 12.8 Å². The van der Waals surface area contributed by atoms with Crippen molar-refractivity contribution in [3.63, 3.8) is 0 Å². The molecule has 0 aliphatic carbocycles. The molecule has 2 fully saturated rings. The highest BCUT2D eigenvalue weighted by molar-refractivity contribution is 5.87. The van der Waals surface area contributed by atoms with Gasteiger partial charge < -0.3 is 48.8 Å². The summed E-state index contributed by atoms with van der Waals surface area (Å²) >= 11 is 0. The SMILES string of the molecule is CC=C(C)C(=O)O[C@H]1[C@H](O[C@@H]2O[C@H](C)[C@H](OC(=O)[C@H](C)CC)[C@H](O)[C@H]2O)[C@@H](O)[C@H](Oc2c(C(C)C)ccc(C)c2O)O[C@@H]1C. The Balaban J connectivity index is 1.92. The van der Waals surface area contributed by atoms with Crippen LogP contribution in [-0.2, 0) is 33.3 Å². The minimum atomic E-state index is -1.70. The molecule has 4 N–H and O–H groups in total. The summed E-state index contributed by atoms with van der Waals surface area (Å²) in [6.45, 7) is 15.4. The van der Waals surface area contributed by atoms with Crippen molar-refractivity contribution in [2.75, 3.05) is 0 Å². The van der Waals surface area contributed by atoms with E-state index in [-0.39, 0.29) is 17.4 Å². The molecule has 1 aromatic carbocycles. The van der Waals surface area contributed by atoms with Gasteiger partial charge in [-0.05, 0) is 52.5 Å². The number of hydrogen-bond acceptors (Lipinski definition) is 12. The summed E-state index contributed by atoms with van der Waals surface area (Å²) < 4.78 is 35.1. The lowest BCUT2D eigenvalue weighted by Gasteiger charge is -2.46. The minimum Gasteiger partial charge on any atom is -0.504 e. The van der Waals surface area contributed by atoms with Crippen molar-refractivity contribution in [3.05, 3.63) is 34.9 Å². The maximum atomic E-state index is 12.8. The number of aliphatic hydroxyl groups is 3. The van der Waals surface area contributed by atoms with Gasteiger partial charge in [0, 0.05) is 11.1 Å². The lowest BCUT2D eigenvalue weighted by Crippen LogP contribution is -2.65. The first kappa shape index (κ1) is 35.7. The smallest absolute Gasteiger partial charge is 0.333 e. The van der Waals surface area contributed by atoms with E-state index in [2.05, 4.69) is 0 Å². The Kier molecular flexibility index (Phi) is 12.2. The first-order chi connectivity index (χ1) is 20.6. The maximum Gasteiger partial charge on any atom is 0.333 e. The van der Waals surface area contributed by atoms with E-state index in [0.717, 1.165) is 0 Å². The molecule has 0 aromatic heterocycles. The standard InChI is InChI=1S/C32H48O12/c1-10-15(5)29(37)41-25-18(8)39-31(23(35)22(25)34)44-28-24(36)32(40-19(9)26(28)42-30(38)16(6)11-2)43-27-20(14(3)4)13-12-17(7)21(27)33/h11-15,18-19,22-26,28,31-36H,10H2,1-9H3/t15-,18-,19-,22-,23-,24-,25+,26-,28-,31+,32+/m1/s1. The Labute approximate surface area is 258 Å². The van der Waals surface area contributed by atoms with Crippen LogP contribution in [-0.4, -0.2) is 93.8 Å². The molecular formula is C32H48O12. The summed E-state index contributed by atoms with van der Waals surface area (Å²) in [5, 5.41) is 44.3. The number of carbonyl (C=O) groups is 2. The topological polar surface area (TPSA) is 170 Å². The number of phenols is 1. The molecule has 3 rings (SSSR count).